The van der Waals surface area contributed by atoms with Gasteiger partial charge in [-0.1, -0.05) is 289 Å². The van der Waals surface area contributed by atoms with E-state index in [-0.39, 0.29) is 12.1 Å². The molecule has 23 rings (SSSR count). The van der Waals surface area contributed by atoms with E-state index in [0.29, 0.717) is 21.9 Å². The van der Waals surface area contributed by atoms with E-state index in [1.807, 2.05) is 42.5 Å². The first-order chi connectivity index (χ1) is 57.2. The van der Waals surface area contributed by atoms with Gasteiger partial charge in [0.2, 0.25) is 5.43 Å². The monoisotopic (exact) mass is 1490 g/mol. The number of aryl methyl sites for hydroxylation is 3. The Kier molecular flexibility index (Phi) is 15.9. The molecule has 0 saturated carbocycles. The summed E-state index contributed by atoms with van der Waals surface area (Å²) < 4.78 is 18.1. The highest BCUT2D eigenvalue weighted by molar-refractivity contribution is 6.97. The number of hydrogen-bond donors (Lipinski definition) is 0. The average Bonchev–Trinajstić information content (AvgIpc) is 0.927. The van der Waals surface area contributed by atoms with Crippen LogP contribution in [0.2, 0.25) is 0 Å². The maximum absolute atomic E-state index is 13.6. The Labute approximate surface area is 672 Å². The summed E-state index contributed by atoms with van der Waals surface area (Å²) in [4.78, 5) is 18.3. The van der Waals surface area contributed by atoms with Gasteiger partial charge in [-0.25, -0.2) is 0 Å². The van der Waals surface area contributed by atoms with Gasteiger partial charge in [0.05, 0.1) is 66.4 Å². The summed E-state index contributed by atoms with van der Waals surface area (Å²) in [6, 6.07) is 144. The molecular weight excluding hydrogens is 1410 g/mol. The first-order valence-electron chi connectivity index (χ1n) is 39.9. The SMILES string of the molecule is Cc1cc(C)c(B2c3ccccc3Oc3cc(N4c5ccccc5C(c5ccccc5)(c5ccc6c(c5)c5ccccc5n6-c5ccccc5)c5ccccc54)ccc32)c(C)c1.O=c1c2ccccc2oc2cc(N3c4ccccc4C(c4ccccc4)(c4ccc5c(c4)c4ccccc4n5-c4ccccc4)c4ccccc43)ccc12. The van der Waals surface area contributed by atoms with E-state index in [1.54, 1.807) is 0 Å². The van der Waals surface area contributed by atoms with Crippen LogP contribution >= 0.6 is 0 Å². The third kappa shape index (κ3) is 10.3. The number of rotatable bonds is 9. The van der Waals surface area contributed by atoms with Crippen LogP contribution < -0.4 is 36.4 Å². The lowest BCUT2D eigenvalue weighted by atomic mass is 9.34. The zero-order valence-corrected chi connectivity index (χ0v) is 64.2. The van der Waals surface area contributed by atoms with Crippen LogP contribution in [0.15, 0.2) is 410 Å². The molecule has 0 bridgehead atoms. The summed E-state index contributed by atoms with van der Waals surface area (Å²) in [5.74, 6) is 1.80. The van der Waals surface area contributed by atoms with E-state index in [2.05, 4.69) is 398 Å². The Balaban J connectivity index is 0.000000142. The van der Waals surface area contributed by atoms with Crippen molar-refractivity contribution in [1.29, 1.82) is 0 Å². The standard InChI is InChI=1S/C58H43BN2O.C50H32N2O2/c1-38-34-39(2)57(40(3)35-38)59-49-25-13-17-29-55(49)62-56-37-44(31-32-50(56)59)61-53-27-15-11-23-47(53)58(41-18-6-4-7-19-41,48-24-12-16-28-54(48)61)42-30-33-52-46(36-42)45-22-10-14-26-51(45)60(52)43-20-8-5-9-21-43;53-49-38-20-8-14-26-47(38)54-48-32-36(28-29-39(48)49)52-45-24-12-9-21-41(45)50(33-15-3-1-4-16-33,42-22-10-13-25-46(42)52)34-27-30-44-40(31-34)37-19-7-11-23-43(37)51(44)35-17-5-2-6-18-35/h4-37H,1-3H3;1-32H. The Morgan fingerprint density at radius 2 is 0.664 bits per heavy atom. The molecule has 116 heavy (non-hydrogen) atoms. The van der Waals surface area contributed by atoms with Gasteiger partial charge in [0.1, 0.15) is 22.7 Å². The number of benzene rings is 17. The van der Waals surface area contributed by atoms with Gasteiger partial charge >= 0.3 is 0 Å². The molecule has 7 nitrogen and oxygen atoms in total. The lowest BCUT2D eigenvalue weighted by Gasteiger charge is -2.46. The molecule has 0 unspecified atom stereocenters. The third-order valence-electron chi connectivity index (χ3n) is 24.7. The molecule has 3 aliphatic rings. The van der Waals surface area contributed by atoms with Gasteiger partial charge in [0.25, 0.3) is 6.71 Å². The Morgan fingerprint density at radius 1 is 0.276 bits per heavy atom. The van der Waals surface area contributed by atoms with Crippen LogP contribution in [0.5, 0.6) is 11.5 Å². The molecule has 0 amide bonds. The summed E-state index contributed by atoms with van der Waals surface area (Å²) in [7, 11) is 0. The van der Waals surface area contributed by atoms with Gasteiger partial charge in [0, 0.05) is 56.4 Å². The molecule has 0 saturated heterocycles. The highest BCUT2D eigenvalue weighted by Crippen LogP contribution is 2.61. The highest BCUT2D eigenvalue weighted by atomic mass is 16.5. The second-order valence-electron chi connectivity index (χ2n) is 31.0. The molecule has 3 aromatic heterocycles. The minimum Gasteiger partial charge on any atom is -0.458 e. The zero-order chi connectivity index (χ0) is 77.3. The van der Waals surface area contributed by atoms with E-state index in [1.165, 1.54) is 121 Å². The second kappa shape index (κ2) is 27.0. The molecule has 0 radical (unpaired) electrons. The van der Waals surface area contributed by atoms with Crippen LogP contribution in [0.1, 0.15) is 61.2 Å². The Morgan fingerprint density at radius 3 is 1.17 bits per heavy atom. The number of nitrogens with zero attached hydrogens (tertiary/aromatic N) is 4. The number of hydrogen-bond acceptors (Lipinski definition) is 5. The summed E-state index contributed by atoms with van der Waals surface area (Å²) in [6.07, 6.45) is 0. The summed E-state index contributed by atoms with van der Waals surface area (Å²) >= 11 is 0. The van der Waals surface area contributed by atoms with Gasteiger partial charge < -0.3 is 28.1 Å². The van der Waals surface area contributed by atoms with Crippen LogP contribution in [-0.4, -0.2) is 15.8 Å². The van der Waals surface area contributed by atoms with Crippen molar-refractivity contribution < 1.29 is 9.15 Å². The molecule has 20 aromatic rings. The Bertz CT molecular complexity index is 7290. The smallest absolute Gasteiger partial charge is 0.251 e. The number of aromatic nitrogens is 2. The van der Waals surface area contributed by atoms with Gasteiger partial charge in [0.15, 0.2) is 0 Å². The summed E-state index contributed by atoms with van der Waals surface area (Å²) in [5.41, 5.74) is 30.5. The van der Waals surface area contributed by atoms with Crippen molar-refractivity contribution in [2.45, 2.75) is 31.6 Å². The van der Waals surface area contributed by atoms with Crippen molar-refractivity contribution in [2.75, 3.05) is 9.80 Å². The van der Waals surface area contributed by atoms with Crippen LogP contribution in [0.3, 0.4) is 0 Å². The lowest BCUT2D eigenvalue weighted by Crippen LogP contribution is -2.56. The first-order valence-corrected chi connectivity index (χ1v) is 39.9. The maximum Gasteiger partial charge on any atom is 0.251 e. The van der Waals surface area contributed by atoms with E-state index in [0.717, 1.165) is 57.0 Å². The molecule has 0 atom stereocenters. The van der Waals surface area contributed by atoms with E-state index >= 15 is 0 Å². The van der Waals surface area contributed by atoms with Crippen LogP contribution in [0, 0.1) is 20.8 Å². The van der Waals surface area contributed by atoms with Crippen molar-refractivity contribution in [3.8, 4) is 22.9 Å². The quantitative estimate of drug-likeness (QED) is 0.106. The molecule has 17 aromatic carbocycles. The number of fused-ring (bicyclic) bond motifs is 14. The van der Waals surface area contributed by atoms with Crippen molar-refractivity contribution in [3.05, 3.63) is 472 Å². The predicted octanol–water partition coefficient (Wildman–Crippen LogP) is 24.7. The molecule has 548 valence electrons. The van der Waals surface area contributed by atoms with Crippen molar-refractivity contribution in [1.82, 2.24) is 9.13 Å². The Hall–Kier alpha value is -14.7. The minimum atomic E-state index is -0.658. The lowest BCUT2D eigenvalue weighted by molar-refractivity contribution is 0.487. The number of anilines is 6. The van der Waals surface area contributed by atoms with Crippen molar-refractivity contribution >= 4 is 123 Å². The van der Waals surface area contributed by atoms with E-state index in [4.69, 9.17) is 9.15 Å². The summed E-state index contributed by atoms with van der Waals surface area (Å²) in [5, 5.41) is 6.04. The maximum atomic E-state index is 13.6. The van der Waals surface area contributed by atoms with Crippen molar-refractivity contribution in [2.24, 2.45) is 0 Å². The second-order valence-corrected chi connectivity index (χ2v) is 31.0. The van der Waals surface area contributed by atoms with E-state index in [9.17, 15) is 4.79 Å². The molecule has 3 aliphatic heterocycles. The van der Waals surface area contributed by atoms with Gasteiger partial charge in [-0.3, -0.25) is 4.79 Å². The molecular formula is C108H75BN4O3. The number of para-hydroxylation sites is 10. The fourth-order valence-electron chi connectivity index (χ4n) is 20.1. The molecule has 0 N–H and O–H groups in total. The fourth-order valence-corrected chi connectivity index (χ4v) is 20.1. The molecule has 0 fully saturated rings. The normalized spacial score (nSPS) is 13.5. The molecule has 0 spiro atoms. The molecule has 0 aliphatic carbocycles. The van der Waals surface area contributed by atoms with Gasteiger partial charge in [-0.15, -0.1) is 0 Å². The largest absolute Gasteiger partial charge is 0.458 e. The minimum absolute atomic E-state index is 0.0232. The van der Waals surface area contributed by atoms with Gasteiger partial charge in [-0.2, -0.15) is 0 Å². The fraction of sp³-hybridized carbons (Fsp3) is 0.0463. The van der Waals surface area contributed by atoms with Crippen LogP contribution in [-0.2, 0) is 10.8 Å². The summed E-state index contributed by atoms with van der Waals surface area (Å²) in [6.45, 7) is 6.74. The van der Waals surface area contributed by atoms with E-state index < -0.39 is 10.8 Å². The van der Waals surface area contributed by atoms with Crippen LogP contribution in [0.4, 0.5) is 34.1 Å². The first kappa shape index (κ1) is 68.1. The van der Waals surface area contributed by atoms with Crippen LogP contribution in [0.25, 0.3) is 76.9 Å². The third-order valence-corrected chi connectivity index (χ3v) is 24.7. The topological polar surface area (TPSA) is 55.8 Å². The molecule has 8 heteroatoms. The van der Waals surface area contributed by atoms with Crippen molar-refractivity contribution in [3.63, 3.8) is 0 Å². The van der Waals surface area contributed by atoms with Gasteiger partial charge in [-0.05, 0) is 198 Å². The average molecular weight is 1490 g/mol. The molecule has 6 heterocycles. The highest BCUT2D eigenvalue weighted by Gasteiger charge is 2.49. The number of ether oxygens (including phenoxy) is 1. The zero-order valence-electron chi connectivity index (χ0n) is 64.2. The predicted molar refractivity (Wildman–Crippen MR) is 480 cm³/mol.